The molecule has 1 aliphatic rings. The third kappa shape index (κ3) is 2.72. The zero-order chi connectivity index (χ0) is 13.9. The van der Waals surface area contributed by atoms with Gasteiger partial charge in [0.15, 0.2) is 0 Å². The first kappa shape index (κ1) is 14.7. The maximum absolute atomic E-state index is 12.2. The van der Waals surface area contributed by atoms with Gasteiger partial charge in [0.05, 0.1) is 18.2 Å². The summed E-state index contributed by atoms with van der Waals surface area (Å²) in [5.41, 5.74) is -0.329. The second-order valence-corrected chi connectivity index (χ2v) is 5.11. The van der Waals surface area contributed by atoms with Crippen LogP contribution in [0.15, 0.2) is 12.7 Å². The van der Waals surface area contributed by atoms with Crippen molar-refractivity contribution in [2.24, 2.45) is 0 Å². The molecular weight excluding hydrogens is 232 g/mol. The normalized spacial score (nSPS) is 21.8. The highest BCUT2D eigenvalue weighted by molar-refractivity contribution is 5.90. The van der Waals surface area contributed by atoms with Crippen molar-refractivity contribution in [3.8, 4) is 0 Å². The number of hydrogen-bond donors (Lipinski definition) is 0. The SMILES string of the molecule is C=CC(=O)N(C)CC(=O)N1CCC(OC)C1(C)C. The maximum atomic E-state index is 12.2. The minimum absolute atomic E-state index is 0.0434. The third-order valence-corrected chi connectivity index (χ3v) is 3.61. The van der Waals surface area contributed by atoms with Gasteiger partial charge in [-0.3, -0.25) is 9.59 Å². The molecule has 1 rings (SSSR count). The Morgan fingerprint density at radius 1 is 1.56 bits per heavy atom. The Labute approximate surface area is 108 Å². The molecule has 18 heavy (non-hydrogen) atoms. The lowest BCUT2D eigenvalue weighted by atomic mass is 9.98. The third-order valence-electron chi connectivity index (χ3n) is 3.61. The van der Waals surface area contributed by atoms with Gasteiger partial charge in [-0.05, 0) is 26.3 Å². The standard InChI is InChI=1S/C13H22N2O3/c1-6-11(16)14(4)9-12(17)15-8-7-10(18-5)13(15,2)3/h6,10H,1,7-9H2,2-5H3. The Kier molecular flexibility index (Phi) is 4.51. The molecule has 5 heteroatoms. The number of carbonyl (C=O) groups is 2. The lowest BCUT2D eigenvalue weighted by Gasteiger charge is -2.36. The molecule has 1 fully saturated rings. The van der Waals surface area contributed by atoms with Crippen LogP contribution in [0.5, 0.6) is 0 Å². The number of likely N-dealkylation sites (N-methyl/N-ethyl adjacent to an activating group) is 1. The van der Waals surface area contributed by atoms with Crippen LogP contribution in [0.4, 0.5) is 0 Å². The number of amides is 2. The van der Waals surface area contributed by atoms with E-state index in [4.69, 9.17) is 4.74 Å². The van der Waals surface area contributed by atoms with Gasteiger partial charge < -0.3 is 14.5 Å². The fourth-order valence-electron chi connectivity index (χ4n) is 2.44. The van der Waals surface area contributed by atoms with E-state index in [1.807, 2.05) is 13.8 Å². The van der Waals surface area contributed by atoms with Crippen molar-refractivity contribution in [1.29, 1.82) is 0 Å². The zero-order valence-electron chi connectivity index (χ0n) is 11.6. The molecule has 0 aromatic carbocycles. The Morgan fingerprint density at radius 3 is 2.61 bits per heavy atom. The first-order valence-corrected chi connectivity index (χ1v) is 6.05. The average molecular weight is 254 g/mol. The Balaban J connectivity index is 2.68. The number of hydrogen-bond acceptors (Lipinski definition) is 3. The summed E-state index contributed by atoms with van der Waals surface area (Å²) in [5, 5.41) is 0. The van der Waals surface area contributed by atoms with E-state index < -0.39 is 0 Å². The molecule has 0 N–H and O–H groups in total. The molecule has 0 aromatic rings. The van der Waals surface area contributed by atoms with Gasteiger partial charge in [0, 0.05) is 20.7 Å². The summed E-state index contributed by atoms with van der Waals surface area (Å²) >= 11 is 0. The van der Waals surface area contributed by atoms with Gasteiger partial charge in [0.2, 0.25) is 11.8 Å². The van der Waals surface area contributed by atoms with E-state index in [-0.39, 0.29) is 30.0 Å². The molecule has 0 bridgehead atoms. The molecule has 0 aromatic heterocycles. The Hall–Kier alpha value is -1.36. The van der Waals surface area contributed by atoms with Crippen LogP contribution in [0.2, 0.25) is 0 Å². The summed E-state index contributed by atoms with van der Waals surface area (Å²) in [4.78, 5) is 26.7. The molecule has 1 atom stereocenters. The topological polar surface area (TPSA) is 49.9 Å². The fourth-order valence-corrected chi connectivity index (χ4v) is 2.44. The van der Waals surface area contributed by atoms with Gasteiger partial charge in [-0.2, -0.15) is 0 Å². The number of ether oxygens (including phenoxy) is 1. The molecular formula is C13H22N2O3. The van der Waals surface area contributed by atoms with Crippen molar-refractivity contribution in [3.05, 3.63) is 12.7 Å². The van der Waals surface area contributed by atoms with E-state index in [0.717, 1.165) is 6.42 Å². The molecule has 0 aliphatic carbocycles. The van der Waals surface area contributed by atoms with E-state index in [2.05, 4.69) is 6.58 Å². The first-order chi connectivity index (χ1) is 8.34. The van der Waals surface area contributed by atoms with Crippen LogP contribution >= 0.6 is 0 Å². The molecule has 1 aliphatic heterocycles. The fraction of sp³-hybridized carbons (Fsp3) is 0.692. The molecule has 1 unspecified atom stereocenters. The van der Waals surface area contributed by atoms with E-state index in [1.54, 1.807) is 19.1 Å². The van der Waals surface area contributed by atoms with Crippen molar-refractivity contribution >= 4 is 11.8 Å². The van der Waals surface area contributed by atoms with Crippen LogP contribution in [0.25, 0.3) is 0 Å². The zero-order valence-corrected chi connectivity index (χ0v) is 11.6. The first-order valence-electron chi connectivity index (χ1n) is 6.05. The summed E-state index contributed by atoms with van der Waals surface area (Å²) < 4.78 is 5.39. The minimum atomic E-state index is -0.329. The molecule has 102 valence electrons. The predicted octanol–water partition coefficient (Wildman–Crippen LogP) is 0.657. The van der Waals surface area contributed by atoms with E-state index >= 15 is 0 Å². The van der Waals surface area contributed by atoms with Crippen molar-refractivity contribution in [1.82, 2.24) is 9.80 Å². The maximum Gasteiger partial charge on any atom is 0.246 e. The van der Waals surface area contributed by atoms with Gasteiger partial charge >= 0.3 is 0 Å². The summed E-state index contributed by atoms with van der Waals surface area (Å²) in [6.45, 7) is 8.12. The van der Waals surface area contributed by atoms with Crippen LogP contribution in [-0.2, 0) is 14.3 Å². The molecule has 0 saturated carbocycles. The summed E-state index contributed by atoms with van der Waals surface area (Å²) in [6.07, 6.45) is 2.08. The summed E-state index contributed by atoms with van der Waals surface area (Å²) in [7, 11) is 3.26. The Morgan fingerprint density at radius 2 is 2.17 bits per heavy atom. The van der Waals surface area contributed by atoms with Crippen LogP contribution in [0, 0.1) is 0 Å². The van der Waals surface area contributed by atoms with Gasteiger partial charge in [0.25, 0.3) is 0 Å². The minimum Gasteiger partial charge on any atom is -0.379 e. The van der Waals surface area contributed by atoms with Gasteiger partial charge in [-0.25, -0.2) is 0 Å². The number of methoxy groups -OCH3 is 1. The van der Waals surface area contributed by atoms with Crippen molar-refractivity contribution in [3.63, 3.8) is 0 Å². The monoisotopic (exact) mass is 254 g/mol. The second kappa shape index (κ2) is 5.52. The van der Waals surface area contributed by atoms with E-state index in [0.29, 0.717) is 6.54 Å². The molecule has 0 radical (unpaired) electrons. The number of likely N-dealkylation sites (tertiary alicyclic amines) is 1. The predicted molar refractivity (Wildman–Crippen MR) is 69.0 cm³/mol. The smallest absolute Gasteiger partial charge is 0.246 e. The Bertz CT molecular complexity index is 352. The van der Waals surface area contributed by atoms with Crippen LogP contribution in [0.1, 0.15) is 20.3 Å². The highest BCUT2D eigenvalue weighted by atomic mass is 16.5. The van der Waals surface area contributed by atoms with Gasteiger partial charge in [0.1, 0.15) is 0 Å². The van der Waals surface area contributed by atoms with Crippen molar-refractivity contribution in [2.45, 2.75) is 31.9 Å². The molecule has 0 spiro atoms. The largest absolute Gasteiger partial charge is 0.379 e. The van der Waals surface area contributed by atoms with Crippen LogP contribution in [0.3, 0.4) is 0 Å². The van der Waals surface area contributed by atoms with Crippen molar-refractivity contribution < 1.29 is 14.3 Å². The molecule has 5 nitrogen and oxygen atoms in total. The highest BCUT2D eigenvalue weighted by Gasteiger charge is 2.44. The summed E-state index contributed by atoms with van der Waals surface area (Å²) in [5.74, 6) is -0.305. The molecule has 2 amide bonds. The molecule has 1 saturated heterocycles. The van der Waals surface area contributed by atoms with Crippen LogP contribution < -0.4 is 0 Å². The van der Waals surface area contributed by atoms with Crippen LogP contribution in [-0.4, -0.2) is 60.5 Å². The lowest BCUT2D eigenvalue weighted by Crippen LogP contribution is -2.51. The molecule has 1 heterocycles. The number of carbonyl (C=O) groups excluding carboxylic acids is 2. The lowest BCUT2D eigenvalue weighted by molar-refractivity contribution is -0.141. The number of rotatable bonds is 4. The second-order valence-electron chi connectivity index (χ2n) is 5.11. The summed E-state index contributed by atoms with van der Waals surface area (Å²) in [6, 6.07) is 0. The van der Waals surface area contributed by atoms with E-state index in [1.165, 1.54) is 11.0 Å². The van der Waals surface area contributed by atoms with Gasteiger partial charge in [-0.1, -0.05) is 6.58 Å². The van der Waals surface area contributed by atoms with Gasteiger partial charge in [-0.15, -0.1) is 0 Å². The highest BCUT2D eigenvalue weighted by Crippen LogP contribution is 2.30. The quantitative estimate of drug-likeness (QED) is 0.692. The average Bonchev–Trinajstić information content (AvgIpc) is 2.62. The van der Waals surface area contributed by atoms with Crippen molar-refractivity contribution in [2.75, 3.05) is 27.2 Å². The number of nitrogens with zero attached hydrogens (tertiary/aromatic N) is 2. The van der Waals surface area contributed by atoms with E-state index in [9.17, 15) is 9.59 Å².